The lowest BCUT2D eigenvalue weighted by Crippen LogP contribution is -2.42. The van der Waals surface area contributed by atoms with Gasteiger partial charge in [-0.25, -0.2) is 9.97 Å². The maximum Gasteiger partial charge on any atom is 0.254 e. The van der Waals surface area contributed by atoms with E-state index in [2.05, 4.69) is 20.2 Å². The number of carbonyl (C=O) groups excluding carboxylic acids is 1. The molecule has 0 unspecified atom stereocenters. The van der Waals surface area contributed by atoms with Crippen molar-refractivity contribution in [2.45, 2.75) is 25.9 Å². The van der Waals surface area contributed by atoms with Crippen LogP contribution in [0.5, 0.6) is 0 Å². The Balaban J connectivity index is 1.74. The number of H-pyrrole nitrogens is 1. The van der Waals surface area contributed by atoms with Crippen LogP contribution in [0.2, 0.25) is 0 Å². The molecule has 1 fully saturated rings. The average Bonchev–Trinajstić information content (AvgIpc) is 3.12. The van der Waals surface area contributed by atoms with Gasteiger partial charge < -0.3 is 14.5 Å². The molecule has 1 saturated heterocycles. The van der Waals surface area contributed by atoms with E-state index in [4.69, 9.17) is 4.74 Å². The topological polar surface area (TPSA) is 87.2 Å². The molecular weight excluding hydrogens is 320 g/mol. The summed E-state index contributed by atoms with van der Waals surface area (Å²) < 4.78 is 5.79. The van der Waals surface area contributed by atoms with E-state index >= 15 is 0 Å². The lowest BCUT2D eigenvalue weighted by Gasteiger charge is -2.32. The van der Waals surface area contributed by atoms with Crippen LogP contribution in [0.3, 0.4) is 0 Å². The standard InChI is InChI=1S/C17H24N6O2/c1-11(2)15-19-16(21-20-15)13-10-23(7-8-25-13)17(24)12-5-6-18-14(9-12)22(3)4/h5-6,9,11,13H,7-8,10H2,1-4H3,(H,19,20,21)/t13-/m0/s1. The Morgan fingerprint density at radius 2 is 2.24 bits per heavy atom. The van der Waals surface area contributed by atoms with Crippen LogP contribution in [0.25, 0.3) is 0 Å². The summed E-state index contributed by atoms with van der Waals surface area (Å²) in [6, 6.07) is 3.54. The lowest BCUT2D eigenvalue weighted by molar-refractivity contribution is -0.0266. The van der Waals surface area contributed by atoms with E-state index in [1.54, 1.807) is 23.2 Å². The van der Waals surface area contributed by atoms with Gasteiger partial charge in [-0.3, -0.25) is 9.89 Å². The Kier molecular flexibility index (Phi) is 4.98. The molecule has 1 aliphatic rings. The second-order valence-electron chi connectivity index (χ2n) is 6.64. The molecule has 3 rings (SSSR count). The van der Waals surface area contributed by atoms with Gasteiger partial charge in [0, 0.05) is 38.3 Å². The zero-order valence-corrected chi connectivity index (χ0v) is 15.1. The Morgan fingerprint density at radius 3 is 2.92 bits per heavy atom. The molecule has 0 saturated carbocycles. The number of ether oxygens (including phenoxy) is 1. The van der Waals surface area contributed by atoms with Gasteiger partial charge in [0.25, 0.3) is 5.91 Å². The molecule has 3 heterocycles. The van der Waals surface area contributed by atoms with Crippen molar-refractivity contribution in [2.24, 2.45) is 0 Å². The Labute approximate surface area is 147 Å². The number of nitrogens with one attached hydrogen (secondary N) is 1. The number of amides is 1. The third-order valence-electron chi connectivity index (χ3n) is 4.15. The van der Waals surface area contributed by atoms with Gasteiger partial charge in [-0.05, 0) is 12.1 Å². The van der Waals surface area contributed by atoms with Crippen LogP contribution in [0.15, 0.2) is 18.3 Å². The first-order chi connectivity index (χ1) is 12.0. The first-order valence-electron chi connectivity index (χ1n) is 8.42. The van der Waals surface area contributed by atoms with Crippen molar-refractivity contribution in [2.75, 3.05) is 38.7 Å². The summed E-state index contributed by atoms with van der Waals surface area (Å²) in [5.74, 6) is 2.40. The normalized spacial score (nSPS) is 17.8. The maximum absolute atomic E-state index is 12.8. The number of rotatable bonds is 4. The molecule has 2 aromatic heterocycles. The van der Waals surface area contributed by atoms with Crippen LogP contribution in [-0.4, -0.2) is 64.8 Å². The highest BCUT2D eigenvalue weighted by Gasteiger charge is 2.28. The van der Waals surface area contributed by atoms with Gasteiger partial charge in [-0.15, -0.1) is 0 Å². The van der Waals surface area contributed by atoms with Gasteiger partial charge in [-0.2, -0.15) is 5.10 Å². The fourth-order valence-corrected chi connectivity index (χ4v) is 2.67. The number of nitrogens with zero attached hydrogens (tertiary/aromatic N) is 5. The molecule has 1 amide bonds. The molecule has 134 valence electrons. The van der Waals surface area contributed by atoms with Gasteiger partial charge in [0.2, 0.25) is 0 Å². The molecule has 0 bridgehead atoms. The monoisotopic (exact) mass is 344 g/mol. The molecule has 8 nitrogen and oxygen atoms in total. The molecule has 0 spiro atoms. The second kappa shape index (κ2) is 7.18. The van der Waals surface area contributed by atoms with E-state index in [-0.39, 0.29) is 17.9 Å². The molecule has 8 heteroatoms. The highest BCUT2D eigenvalue weighted by atomic mass is 16.5. The molecule has 0 aliphatic carbocycles. The third kappa shape index (κ3) is 3.79. The molecule has 0 aromatic carbocycles. The van der Waals surface area contributed by atoms with Crippen LogP contribution in [0.4, 0.5) is 5.82 Å². The Bertz CT molecular complexity index is 742. The number of aromatic nitrogens is 4. The third-order valence-corrected chi connectivity index (χ3v) is 4.15. The SMILES string of the molecule is CC(C)c1n[nH]c([C@@H]2CN(C(=O)c3ccnc(N(C)C)c3)CCO2)n1. The molecule has 2 aromatic rings. The van der Waals surface area contributed by atoms with Gasteiger partial charge >= 0.3 is 0 Å². The summed E-state index contributed by atoms with van der Waals surface area (Å²) in [6.07, 6.45) is 1.37. The van der Waals surface area contributed by atoms with Crippen LogP contribution in [0, 0.1) is 0 Å². The summed E-state index contributed by atoms with van der Waals surface area (Å²) in [5, 5.41) is 7.16. The number of anilines is 1. The van der Waals surface area contributed by atoms with Crippen molar-refractivity contribution in [1.82, 2.24) is 25.1 Å². The number of aromatic amines is 1. The zero-order valence-electron chi connectivity index (χ0n) is 15.1. The highest BCUT2D eigenvalue weighted by molar-refractivity contribution is 5.95. The minimum absolute atomic E-state index is 0.0256. The van der Waals surface area contributed by atoms with E-state index in [1.165, 1.54) is 0 Å². The summed E-state index contributed by atoms with van der Waals surface area (Å²) in [7, 11) is 3.80. The minimum Gasteiger partial charge on any atom is -0.367 e. The van der Waals surface area contributed by atoms with E-state index in [0.29, 0.717) is 31.1 Å². The number of carbonyl (C=O) groups is 1. The smallest absolute Gasteiger partial charge is 0.254 e. The molecular formula is C17H24N6O2. The fraction of sp³-hybridized carbons (Fsp3) is 0.529. The predicted molar refractivity (Wildman–Crippen MR) is 93.6 cm³/mol. The van der Waals surface area contributed by atoms with E-state index < -0.39 is 0 Å². The lowest BCUT2D eigenvalue weighted by atomic mass is 10.2. The summed E-state index contributed by atoms with van der Waals surface area (Å²) in [6.45, 7) is 5.55. The largest absolute Gasteiger partial charge is 0.367 e. The van der Waals surface area contributed by atoms with Crippen molar-refractivity contribution >= 4 is 11.7 Å². The first-order valence-corrected chi connectivity index (χ1v) is 8.42. The molecule has 1 N–H and O–H groups in total. The van der Waals surface area contributed by atoms with Gasteiger partial charge in [0.1, 0.15) is 11.9 Å². The number of pyridine rings is 1. The van der Waals surface area contributed by atoms with Crippen molar-refractivity contribution in [1.29, 1.82) is 0 Å². The quantitative estimate of drug-likeness (QED) is 0.906. The van der Waals surface area contributed by atoms with Crippen LogP contribution in [0.1, 0.15) is 47.9 Å². The van der Waals surface area contributed by atoms with Crippen molar-refractivity contribution < 1.29 is 9.53 Å². The van der Waals surface area contributed by atoms with Crippen molar-refractivity contribution in [3.63, 3.8) is 0 Å². The summed E-state index contributed by atoms with van der Waals surface area (Å²) in [4.78, 5) is 25.3. The van der Waals surface area contributed by atoms with Crippen LogP contribution >= 0.6 is 0 Å². The zero-order chi connectivity index (χ0) is 18.0. The Hall–Kier alpha value is -2.48. The predicted octanol–water partition coefficient (Wildman–Crippen LogP) is 1.60. The average molecular weight is 344 g/mol. The Morgan fingerprint density at radius 1 is 1.44 bits per heavy atom. The van der Waals surface area contributed by atoms with Crippen molar-refractivity contribution in [3.8, 4) is 0 Å². The number of hydrogen-bond acceptors (Lipinski definition) is 6. The van der Waals surface area contributed by atoms with Crippen LogP contribution < -0.4 is 4.90 Å². The van der Waals surface area contributed by atoms with Gasteiger partial charge in [-0.1, -0.05) is 13.8 Å². The van der Waals surface area contributed by atoms with E-state index in [0.717, 1.165) is 11.6 Å². The highest BCUT2D eigenvalue weighted by Crippen LogP contribution is 2.22. The summed E-state index contributed by atoms with van der Waals surface area (Å²) >= 11 is 0. The van der Waals surface area contributed by atoms with Gasteiger partial charge in [0.15, 0.2) is 11.6 Å². The van der Waals surface area contributed by atoms with Gasteiger partial charge in [0.05, 0.1) is 13.2 Å². The van der Waals surface area contributed by atoms with Crippen molar-refractivity contribution in [3.05, 3.63) is 35.5 Å². The number of hydrogen-bond donors (Lipinski definition) is 1. The van der Waals surface area contributed by atoms with E-state index in [1.807, 2.05) is 32.8 Å². The van der Waals surface area contributed by atoms with E-state index in [9.17, 15) is 4.79 Å². The number of morpholine rings is 1. The first kappa shape index (κ1) is 17.3. The molecule has 25 heavy (non-hydrogen) atoms. The minimum atomic E-state index is -0.284. The molecule has 0 radical (unpaired) electrons. The molecule has 1 atom stereocenters. The maximum atomic E-state index is 12.8. The second-order valence-corrected chi connectivity index (χ2v) is 6.64. The summed E-state index contributed by atoms with van der Waals surface area (Å²) in [5.41, 5.74) is 0.625. The van der Waals surface area contributed by atoms with Crippen LogP contribution in [-0.2, 0) is 4.74 Å². The fourth-order valence-electron chi connectivity index (χ4n) is 2.67. The molecule has 1 aliphatic heterocycles.